The molecule has 1 rings (SSSR count). The summed E-state index contributed by atoms with van der Waals surface area (Å²) in [6.07, 6.45) is 2.07. The SMILES string of the molecule is CC(CC[C@H](C[C@@H](O)CCc1ccccc1)C(N)=O)C(N)=O. The molecule has 0 saturated heterocycles. The number of aliphatic hydroxyl groups is 1. The molecule has 0 aliphatic carbocycles. The summed E-state index contributed by atoms with van der Waals surface area (Å²) in [5.74, 6) is -1.53. The lowest BCUT2D eigenvalue weighted by Gasteiger charge is -2.18. The molecule has 5 N–H and O–H groups in total. The highest BCUT2D eigenvalue weighted by Crippen LogP contribution is 2.19. The number of nitrogens with two attached hydrogens (primary N) is 2. The first kappa shape index (κ1) is 18.2. The fourth-order valence-corrected chi connectivity index (χ4v) is 2.39. The van der Waals surface area contributed by atoms with Crippen molar-refractivity contribution in [3.63, 3.8) is 0 Å². The lowest BCUT2D eigenvalue weighted by molar-refractivity contribution is -0.125. The molecule has 0 spiro atoms. The summed E-state index contributed by atoms with van der Waals surface area (Å²) >= 11 is 0. The summed E-state index contributed by atoms with van der Waals surface area (Å²) in [5, 5.41) is 10.1. The van der Waals surface area contributed by atoms with E-state index in [9.17, 15) is 14.7 Å². The summed E-state index contributed by atoms with van der Waals surface area (Å²) < 4.78 is 0. The van der Waals surface area contributed by atoms with Gasteiger partial charge in [0.2, 0.25) is 11.8 Å². The highest BCUT2D eigenvalue weighted by molar-refractivity contribution is 5.77. The monoisotopic (exact) mass is 306 g/mol. The molecule has 1 unspecified atom stereocenters. The van der Waals surface area contributed by atoms with Gasteiger partial charge in [0.05, 0.1) is 6.10 Å². The lowest BCUT2D eigenvalue weighted by atomic mass is 9.90. The van der Waals surface area contributed by atoms with Gasteiger partial charge in [-0.25, -0.2) is 0 Å². The van der Waals surface area contributed by atoms with Crippen molar-refractivity contribution in [1.82, 2.24) is 0 Å². The number of aryl methyl sites for hydroxylation is 1. The van der Waals surface area contributed by atoms with E-state index in [1.807, 2.05) is 30.3 Å². The second kappa shape index (κ2) is 9.20. The second-order valence-corrected chi connectivity index (χ2v) is 5.89. The third-order valence-electron chi connectivity index (χ3n) is 4.00. The maximum atomic E-state index is 11.5. The Morgan fingerprint density at radius 1 is 1.05 bits per heavy atom. The Morgan fingerprint density at radius 2 is 1.68 bits per heavy atom. The zero-order valence-electron chi connectivity index (χ0n) is 13.1. The summed E-state index contributed by atoms with van der Waals surface area (Å²) in [4.78, 5) is 22.5. The minimum absolute atomic E-state index is 0.289. The predicted octanol–water partition coefficient (Wildman–Crippen LogP) is 1.37. The van der Waals surface area contributed by atoms with Crippen molar-refractivity contribution in [2.24, 2.45) is 23.3 Å². The van der Waals surface area contributed by atoms with Crippen molar-refractivity contribution < 1.29 is 14.7 Å². The summed E-state index contributed by atoms with van der Waals surface area (Å²) in [6.45, 7) is 1.73. The fourth-order valence-electron chi connectivity index (χ4n) is 2.39. The van der Waals surface area contributed by atoms with E-state index in [-0.39, 0.29) is 11.8 Å². The number of benzene rings is 1. The zero-order chi connectivity index (χ0) is 16.5. The third-order valence-corrected chi connectivity index (χ3v) is 4.00. The van der Waals surface area contributed by atoms with Gasteiger partial charge in [0.15, 0.2) is 0 Å². The lowest BCUT2D eigenvalue weighted by Crippen LogP contribution is -2.29. The quantitative estimate of drug-likeness (QED) is 0.607. The molecule has 0 aliphatic heterocycles. The Labute approximate surface area is 131 Å². The second-order valence-electron chi connectivity index (χ2n) is 5.89. The number of amides is 2. The van der Waals surface area contributed by atoms with Crippen molar-refractivity contribution in [1.29, 1.82) is 0 Å². The zero-order valence-corrected chi connectivity index (χ0v) is 13.1. The molecule has 0 bridgehead atoms. The Kier molecular flexibility index (Phi) is 7.60. The van der Waals surface area contributed by atoms with E-state index in [0.29, 0.717) is 25.7 Å². The molecule has 5 heteroatoms. The van der Waals surface area contributed by atoms with Gasteiger partial charge < -0.3 is 16.6 Å². The van der Waals surface area contributed by atoms with Gasteiger partial charge in [0.25, 0.3) is 0 Å². The van der Waals surface area contributed by atoms with Crippen LogP contribution < -0.4 is 11.5 Å². The van der Waals surface area contributed by atoms with Crippen molar-refractivity contribution in [2.75, 3.05) is 0 Å². The van der Waals surface area contributed by atoms with Crippen LogP contribution in [0, 0.1) is 11.8 Å². The van der Waals surface area contributed by atoms with Crippen LogP contribution in [-0.4, -0.2) is 23.0 Å². The van der Waals surface area contributed by atoms with Crippen LogP contribution in [0.1, 0.15) is 38.2 Å². The van der Waals surface area contributed by atoms with Crippen molar-refractivity contribution >= 4 is 11.8 Å². The number of aliphatic hydroxyl groups excluding tert-OH is 1. The number of rotatable bonds is 10. The topological polar surface area (TPSA) is 106 Å². The third kappa shape index (κ3) is 6.72. The van der Waals surface area contributed by atoms with Crippen molar-refractivity contribution in [2.45, 2.75) is 45.1 Å². The molecule has 0 radical (unpaired) electrons. The van der Waals surface area contributed by atoms with E-state index in [1.165, 1.54) is 0 Å². The highest BCUT2D eigenvalue weighted by Gasteiger charge is 2.21. The number of hydrogen-bond donors (Lipinski definition) is 3. The van der Waals surface area contributed by atoms with Gasteiger partial charge in [-0.1, -0.05) is 37.3 Å². The summed E-state index contributed by atoms with van der Waals surface area (Å²) in [6, 6.07) is 9.88. The molecule has 0 heterocycles. The van der Waals surface area contributed by atoms with Gasteiger partial charge in [-0.2, -0.15) is 0 Å². The number of carbonyl (C=O) groups is 2. The number of carbonyl (C=O) groups excluding carboxylic acids is 2. The molecular weight excluding hydrogens is 280 g/mol. The average molecular weight is 306 g/mol. The molecule has 3 atom stereocenters. The van der Waals surface area contributed by atoms with Crippen LogP contribution >= 0.6 is 0 Å². The molecule has 0 aromatic heterocycles. The Bertz CT molecular complexity index is 476. The molecule has 22 heavy (non-hydrogen) atoms. The van der Waals surface area contributed by atoms with Crippen molar-refractivity contribution in [3.05, 3.63) is 35.9 Å². The average Bonchev–Trinajstić information content (AvgIpc) is 2.49. The molecule has 5 nitrogen and oxygen atoms in total. The van der Waals surface area contributed by atoms with Crippen LogP contribution in [0.25, 0.3) is 0 Å². The standard InChI is InChI=1S/C17H26N2O3/c1-12(16(18)21)7-9-14(17(19)22)11-15(20)10-8-13-5-3-2-4-6-13/h2-6,12,14-15,20H,7-11H2,1H3,(H2,18,21)(H2,19,22)/t12?,14-,15+/m1/s1. The van der Waals surface area contributed by atoms with E-state index in [2.05, 4.69) is 0 Å². The highest BCUT2D eigenvalue weighted by atomic mass is 16.3. The Hall–Kier alpha value is -1.88. The largest absolute Gasteiger partial charge is 0.393 e. The van der Waals surface area contributed by atoms with Crippen LogP contribution in [0.3, 0.4) is 0 Å². The minimum Gasteiger partial charge on any atom is -0.393 e. The van der Waals surface area contributed by atoms with Crippen LogP contribution in [0.4, 0.5) is 0 Å². The fraction of sp³-hybridized carbons (Fsp3) is 0.529. The molecule has 2 amide bonds. The van der Waals surface area contributed by atoms with Gasteiger partial charge in [-0.05, 0) is 37.7 Å². The van der Waals surface area contributed by atoms with Crippen LogP contribution in [0.15, 0.2) is 30.3 Å². The maximum absolute atomic E-state index is 11.5. The summed E-state index contributed by atoms with van der Waals surface area (Å²) in [5.41, 5.74) is 11.7. The van der Waals surface area contributed by atoms with Gasteiger partial charge >= 0.3 is 0 Å². The van der Waals surface area contributed by atoms with Gasteiger partial charge in [-0.3, -0.25) is 9.59 Å². The number of primary amides is 2. The maximum Gasteiger partial charge on any atom is 0.220 e. The first-order valence-corrected chi connectivity index (χ1v) is 7.70. The van der Waals surface area contributed by atoms with Gasteiger partial charge in [-0.15, -0.1) is 0 Å². The van der Waals surface area contributed by atoms with E-state index in [1.54, 1.807) is 6.92 Å². The van der Waals surface area contributed by atoms with Crippen LogP contribution in [-0.2, 0) is 16.0 Å². The Morgan fingerprint density at radius 3 is 2.23 bits per heavy atom. The molecule has 0 fully saturated rings. The van der Waals surface area contributed by atoms with Crippen LogP contribution in [0.5, 0.6) is 0 Å². The first-order valence-electron chi connectivity index (χ1n) is 7.70. The molecule has 122 valence electrons. The molecule has 1 aromatic carbocycles. The predicted molar refractivity (Wildman–Crippen MR) is 85.7 cm³/mol. The number of hydrogen-bond acceptors (Lipinski definition) is 3. The van der Waals surface area contributed by atoms with Crippen molar-refractivity contribution in [3.8, 4) is 0 Å². The van der Waals surface area contributed by atoms with Gasteiger partial charge in [0, 0.05) is 11.8 Å². The summed E-state index contributed by atoms with van der Waals surface area (Å²) in [7, 11) is 0. The van der Waals surface area contributed by atoms with E-state index >= 15 is 0 Å². The molecule has 0 saturated carbocycles. The molecule has 1 aromatic rings. The normalized spacial score (nSPS) is 15.0. The van der Waals surface area contributed by atoms with E-state index < -0.39 is 17.9 Å². The van der Waals surface area contributed by atoms with E-state index in [4.69, 9.17) is 11.5 Å². The van der Waals surface area contributed by atoms with Gasteiger partial charge in [0.1, 0.15) is 0 Å². The van der Waals surface area contributed by atoms with Crippen LogP contribution in [0.2, 0.25) is 0 Å². The minimum atomic E-state index is -0.582. The van der Waals surface area contributed by atoms with E-state index in [0.717, 1.165) is 12.0 Å². The Balaban J connectivity index is 2.41. The first-order chi connectivity index (χ1) is 10.4. The molecular formula is C17H26N2O3. The smallest absolute Gasteiger partial charge is 0.220 e. The molecule has 0 aliphatic rings.